The monoisotopic (exact) mass is 314 g/mol. The molecule has 0 radical (unpaired) electrons. The summed E-state index contributed by atoms with van der Waals surface area (Å²) in [5.41, 5.74) is 0.0723. The number of rotatable bonds is 5. The van der Waals surface area contributed by atoms with Crippen LogP contribution < -0.4 is 9.46 Å². The Labute approximate surface area is 120 Å². The Kier molecular flexibility index (Phi) is 4.37. The van der Waals surface area contributed by atoms with Crippen LogP contribution in [0.2, 0.25) is 0 Å². The van der Waals surface area contributed by atoms with Crippen molar-refractivity contribution in [3.8, 4) is 11.6 Å². The largest absolute Gasteiger partial charge is 0.434 e. The molecule has 0 fully saturated rings. The van der Waals surface area contributed by atoms with E-state index in [4.69, 9.17) is 4.74 Å². The lowest BCUT2D eigenvalue weighted by atomic mass is 10.3. The summed E-state index contributed by atoms with van der Waals surface area (Å²) < 4.78 is 57.0. The van der Waals surface area contributed by atoms with Crippen molar-refractivity contribution in [3.63, 3.8) is 0 Å². The highest BCUT2D eigenvalue weighted by Crippen LogP contribution is 2.29. The minimum absolute atomic E-state index is 0.0723. The van der Waals surface area contributed by atoms with Crippen molar-refractivity contribution in [2.24, 2.45) is 0 Å². The van der Waals surface area contributed by atoms with E-state index in [0.717, 1.165) is 12.1 Å². The van der Waals surface area contributed by atoms with Crippen LogP contribution in [0.15, 0.2) is 36.5 Å². The Morgan fingerprint density at radius 3 is 2.71 bits per heavy atom. The van der Waals surface area contributed by atoms with Gasteiger partial charge in [-0.15, -0.1) is 0 Å². The lowest BCUT2D eigenvalue weighted by molar-refractivity contribution is 0.425. The first-order chi connectivity index (χ1) is 9.91. The van der Waals surface area contributed by atoms with Crippen LogP contribution >= 0.6 is 0 Å². The number of sulfonamides is 1. The van der Waals surface area contributed by atoms with Crippen LogP contribution in [0, 0.1) is 11.6 Å². The van der Waals surface area contributed by atoms with E-state index in [9.17, 15) is 17.2 Å². The summed E-state index contributed by atoms with van der Waals surface area (Å²) in [6.45, 7) is 1.47. The average molecular weight is 314 g/mol. The molecule has 112 valence electrons. The van der Waals surface area contributed by atoms with Gasteiger partial charge in [0, 0.05) is 12.3 Å². The minimum atomic E-state index is -3.53. The maximum atomic E-state index is 13.5. The van der Waals surface area contributed by atoms with Gasteiger partial charge in [-0.1, -0.05) is 0 Å². The molecule has 0 unspecified atom stereocenters. The maximum absolute atomic E-state index is 13.5. The molecule has 1 N–H and O–H groups in total. The van der Waals surface area contributed by atoms with Gasteiger partial charge in [0.05, 0.1) is 5.75 Å². The number of nitrogens with one attached hydrogen (secondary N) is 1. The van der Waals surface area contributed by atoms with E-state index in [1.54, 1.807) is 0 Å². The standard InChI is InChI=1S/C13H12F2N2O3S/c1-2-21(18,19)17-11-4-3-7-16-13(11)20-12-6-5-9(14)8-10(12)15/h3-8,17H,2H2,1H3. The SMILES string of the molecule is CCS(=O)(=O)Nc1cccnc1Oc1ccc(F)cc1F. The lowest BCUT2D eigenvalue weighted by Gasteiger charge is -2.11. The van der Waals surface area contributed by atoms with Crippen molar-refractivity contribution in [1.29, 1.82) is 0 Å². The molecule has 0 aliphatic carbocycles. The molecule has 1 aromatic carbocycles. The Balaban J connectivity index is 2.32. The third-order valence-electron chi connectivity index (χ3n) is 2.52. The van der Waals surface area contributed by atoms with Gasteiger partial charge < -0.3 is 4.74 Å². The third-order valence-corrected chi connectivity index (χ3v) is 3.81. The summed E-state index contributed by atoms with van der Waals surface area (Å²) in [4.78, 5) is 3.85. The number of benzene rings is 1. The fourth-order valence-corrected chi connectivity index (χ4v) is 2.09. The fraction of sp³-hybridized carbons (Fsp3) is 0.154. The molecule has 0 aliphatic heterocycles. The molecule has 0 atom stereocenters. The van der Waals surface area contributed by atoms with Crippen molar-refractivity contribution in [2.75, 3.05) is 10.5 Å². The summed E-state index contributed by atoms with van der Waals surface area (Å²) in [7, 11) is -3.53. The smallest absolute Gasteiger partial charge is 0.243 e. The van der Waals surface area contributed by atoms with Gasteiger partial charge in [-0.3, -0.25) is 4.72 Å². The molecule has 21 heavy (non-hydrogen) atoms. The molecule has 0 aliphatic rings. The number of ether oxygens (including phenoxy) is 1. The zero-order chi connectivity index (χ0) is 15.5. The third kappa shape index (κ3) is 3.88. The summed E-state index contributed by atoms with van der Waals surface area (Å²) >= 11 is 0. The Bertz CT molecular complexity index is 751. The summed E-state index contributed by atoms with van der Waals surface area (Å²) in [5.74, 6) is -2.17. The molecule has 0 saturated carbocycles. The van der Waals surface area contributed by atoms with Gasteiger partial charge in [0.25, 0.3) is 0 Å². The predicted molar refractivity (Wildman–Crippen MR) is 73.8 cm³/mol. The van der Waals surface area contributed by atoms with Crippen LogP contribution in [0.3, 0.4) is 0 Å². The zero-order valence-corrected chi connectivity index (χ0v) is 11.8. The Hall–Kier alpha value is -2.22. The number of halogens is 2. The second kappa shape index (κ2) is 6.04. The Morgan fingerprint density at radius 2 is 2.05 bits per heavy atom. The molecule has 0 amide bonds. The van der Waals surface area contributed by atoms with E-state index in [2.05, 4.69) is 9.71 Å². The highest BCUT2D eigenvalue weighted by atomic mass is 32.2. The predicted octanol–water partition coefficient (Wildman–Crippen LogP) is 2.91. The van der Waals surface area contributed by atoms with Gasteiger partial charge in [0.15, 0.2) is 11.6 Å². The van der Waals surface area contributed by atoms with Crippen LogP contribution in [0.25, 0.3) is 0 Å². The number of aromatic nitrogens is 1. The number of pyridine rings is 1. The fourth-order valence-electron chi connectivity index (χ4n) is 1.45. The van der Waals surface area contributed by atoms with Gasteiger partial charge in [-0.25, -0.2) is 22.2 Å². The molecule has 1 aromatic heterocycles. The molecule has 0 bridgehead atoms. The minimum Gasteiger partial charge on any atom is -0.434 e. The van der Waals surface area contributed by atoms with Gasteiger partial charge in [0.1, 0.15) is 11.5 Å². The van der Waals surface area contributed by atoms with E-state index in [0.29, 0.717) is 6.07 Å². The number of anilines is 1. The van der Waals surface area contributed by atoms with E-state index in [1.807, 2.05) is 0 Å². The van der Waals surface area contributed by atoms with Crippen LogP contribution in [-0.2, 0) is 10.0 Å². The molecule has 8 heteroatoms. The van der Waals surface area contributed by atoms with Crippen LogP contribution in [0.5, 0.6) is 11.6 Å². The van der Waals surface area contributed by atoms with Crippen LogP contribution in [0.4, 0.5) is 14.5 Å². The van der Waals surface area contributed by atoms with Crippen LogP contribution in [0.1, 0.15) is 6.92 Å². The Morgan fingerprint density at radius 1 is 1.29 bits per heavy atom. The molecule has 1 heterocycles. The van der Waals surface area contributed by atoms with Gasteiger partial charge in [-0.05, 0) is 31.2 Å². The number of nitrogens with zero attached hydrogens (tertiary/aromatic N) is 1. The van der Waals surface area contributed by atoms with Gasteiger partial charge in [0.2, 0.25) is 15.9 Å². The summed E-state index contributed by atoms with van der Waals surface area (Å²) in [6, 6.07) is 5.71. The van der Waals surface area contributed by atoms with Crippen molar-refractivity contribution in [2.45, 2.75) is 6.92 Å². The van der Waals surface area contributed by atoms with Crippen molar-refractivity contribution < 1.29 is 21.9 Å². The molecule has 0 saturated heterocycles. The quantitative estimate of drug-likeness (QED) is 0.921. The first kappa shape index (κ1) is 15.2. The highest BCUT2D eigenvalue weighted by Gasteiger charge is 2.14. The van der Waals surface area contributed by atoms with E-state index in [1.165, 1.54) is 25.3 Å². The van der Waals surface area contributed by atoms with Gasteiger partial charge >= 0.3 is 0 Å². The summed E-state index contributed by atoms with van der Waals surface area (Å²) in [5, 5.41) is 0. The second-order valence-corrected chi connectivity index (χ2v) is 6.05. The van der Waals surface area contributed by atoms with E-state index in [-0.39, 0.29) is 23.1 Å². The topological polar surface area (TPSA) is 68.3 Å². The highest BCUT2D eigenvalue weighted by molar-refractivity contribution is 7.92. The van der Waals surface area contributed by atoms with E-state index >= 15 is 0 Å². The average Bonchev–Trinajstić information content (AvgIpc) is 2.43. The first-order valence-electron chi connectivity index (χ1n) is 5.99. The molecular weight excluding hydrogens is 302 g/mol. The lowest BCUT2D eigenvalue weighted by Crippen LogP contribution is -2.15. The van der Waals surface area contributed by atoms with Crippen molar-refractivity contribution >= 4 is 15.7 Å². The van der Waals surface area contributed by atoms with E-state index < -0.39 is 21.7 Å². The zero-order valence-electron chi connectivity index (χ0n) is 11.0. The maximum Gasteiger partial charge on any atom is 0.243 e. The van der Waals surface area contributed by atoms with Gasteiger partial charge in [-0.2, -0.15) is 0 Å². The number of hydrogen-bond donors (Lipinski definition) is 1. The number of hydrogen-bond acceptors (Lipinski definition) is 4. The second-order valence-electron chi connectivity index (χ2n) is 4.04. The normalized spacial score (nSPS) is 11.2. The van der Waals surface area contributed by atoms with Crippen molar-refractivity contribution in [3.05, 3.63) is 48.2 Å². The molecule has 2 rings (SSSR count). The molecular formula is C13H12F2N2O3S. The molecule has 5 nitrogen and oxygen atoms in total. The van der Waals surface area contributed by atoms with Crippen LogP contribution in [-0.4, -0.2) is 19.2 Å². The molecule has 0 spiro atoms. The first-order valence-corrected chi connectivity index (χ1v) is 7.65. The van der Waals surface area contributed by atoms with Crippen molar-refractivity contribution in [1.82, 2.24) is 4.98 Å². The molecule has 2 aromatic rings. The summed E-state index contributed by atoms with van der Waals surface area (Å²) in [6.07, 6.45) is 1.36.